The highest BCUT2D eigenvalue weighted by Gasteiger charge is 2.52. The molecular weight excluding hydrogens is 334 g/mol. The number of hydroxylamine groups is 1. The van der Waals surface area contributed by atoms with Gasteiger partial charge in [0.05, 0.1) is 12.8 Å². The highest BCUT2D eigenvalue weighted by atomic mass is 16.8. The van der Waals surface area contributed by atoms with Crippen LogP contribution in [0.1, 0.15) is 16.8 Å². The van der Waals surface area contributed by atoms with Gasteiger partial charge in [0.1, 0.15) is 11.8 Å². The minimum atomic E-state index is -1.24. The number of benzene rings is 2. The van der Waals surface area contributed by atoms with E-state index in [1.54, 1.807) is 37.5 Å². The largest absolute Gasteiger partial charge is 0.497 e. The maximum Gasteiger partial charge on any atom is 0.333 e. The summed E-state index contributed by atoms with van der Waals surface area (Å²) in [6, 6.07) is 15.6. The third-order valence-corrected chi connectivity index (χ3v) is 4.45. The summed E-state index contributed by atoms with van der Waals surface area (Å²) in [4.78, 5) is 30.6. The van der Waals surface area contributed by atoms with E-state index in [-0.39, 0.29) is 12.2 Å². The Morgan fingerprint density at radius 2 is 1.88 bits per heavy atom. The van der Waals surface area contributed by atoms with Crippen molar-refractivity contribution in [2.45, 2.75) is 18.2 Å². The van der Waals surface area contributed by atoms with E-state index < -0.39 is 17.8 Å². The zero-order valence-electron chi connectivity index (χ0n) is 14.1. The Hall–Kier alpha value is -3.12. The van der Waals surface area contributed by atoms with Crippen LogP contribution in [-0.4, -0.2) is 30.7 Å². The maximum absolute atomic E-state index is 13.1. The van der Waals surface area contributed by atoms with E-state index in [4.69, 9.17) is 14.3 Å². The number of anilines is 1. The summed E-state index contributed by atoms with van der Waals surface area (Å²) in [6.07, 6.45) is 3.10. The average Bonchev–Trinajstić information content (AvgIpc) is 3.24. The molecule has 6 nitrogen and oxygen atoms in total. The van der Waals surface area contributed by atoms with Crippen molar-refractivity contribution in [3.05, 3.63) is 72.3 Å². The van der Waals surface area contributed by atoms with Gasteiger partial charge in [-0.1, -0.05) is 18.2 Å². The second-order valence-corrected chi connectivity index (χ2v) is 6.13. The van der Waals surface area contributed by atoms with Gasteiger partial charge < -0.3 is 9.47 Å². The number of hydrogen-bond acceptors (Lipinski definition) is 6. The summed E-state index contributed by atoms with van der Waals surface area (Å²) in [6.45, 7) is 0. The lowest BCUT2D eigenvalue weighted by Gasteiger charge is -2.24. The van der Waals surface area contributed by atoms with Crippen LogP contribution in [0.4, 0.5) is 5.69 Å². The Kier molecular flexibility index (Phi) is 3.97. The lowest BCUT2D eigenvalue weighted by Crippen LogP contribution is -2.35. The number of ether oxygens (including phenoxy) is 2. The Morgan fingerprint density at radius 1 is 1.15 bits per heavy atom. The molecule has 2 heterocycles. The maximum atomic E-state index is 13.1. The fraction of sp³-hybridized carbons (Fsp3) is 0.200. The number of esters is 1. The molecule has 4 rings (SSSR count). The monoisotopic (exact) mass is 351 g/mol. The fourth-order valence-corrected chi connectivity index (χ4v) is 3.17. The summed E-state index contributed by atoms with van der Waals surface area (Å²) in [7, 11) is 1.57. The summed E-state index contributed by atoms with van der Waals surface area (Å²) in [5.74, 6) is -1.16. The van der Waals surface area contributed by atoms with Gasteiger partial charge in [-0.2, -0.15) is 0 Å². The van der Waals surface area contributed by atoms with Gasteiger partial charge in [0.25, 0.3) is 5.79 Å². The molecule has 6 heteroatoms. The molecule has 2 atom stereocenters. The number of rotatable bonds is 4. The second-order valence-electron chi connectivity index (χ2n) is 6.13. The molecule has 1 saturated heterocycles. The molecule has 0 saturated carbocycles. The minimum Gasteiger partial charge on any atom is -0.497 e. The number of nitrogens with zero attached hydrogens (tertiary/aromatic N) is 1. The Balaban J connectivity index is 1.67. The van der Waals surface area contributed by atoms with E-state index in [0.717, 1.165) is 0 Å². The molecule has 1 spiro atoms. The minimum absolute atomic E-state index is 0.121. The standard InChI is InChI=1S/C20H17NO5/c1-24-16-9-7-14(8-10-16)19(23)17-13-20(12-11-18(22)25-20)26-21(17)15-5-3-2-4-6-15/h2-12,17H,13H2,1H3/t17-,20-/m1/s1. The number of carbonyl (C=O) groups excluding carboxylic acids is 2. The lowest BCUT2D eigenvalue weighted by atomic mass is 9.98. The normalized spacial score (nSPS) is 24.1. The van der Waals surface area contributed by atoms with E-state index >= 15 is 0 Å². The van der Waals surface area contributed by atoms with Gasteiger partial charge in [-0.3, -0.25) is 4.79 Å². The molecule has 0 amide bonds. The molecule has 0 unspecified atom stereocenters. The highest BCUT2D eigenvalue weighted by molar-refractivity contribution is 6.02. The van der Waals surface area contributed by atoms with Gasteiger partial charge >= 0.3 is 5.97 Å². The van der Waals surface area contributed by atoms with Gasteiger partial charge in [0.2, 0.25) is 0 Å². The molecule has 1 fully saturated rings. The first-order valence-electron chi connectivity index (χ1n) is 8.24. The first-order chi connectivity index (χ1) is 12.6. The van der Waals surface area contributed by atoms with Gasteiger partial charge in [0.15, 0.2) is 5.78 Å². The molecule has 0 bridgehead atoms. The topological polar surface area (TPSA) is 65.1 Å². The second kappa shape index (κ2) is 6.31. The summed E-state index contributed by atoms with van der Waals surface area (Å²) in [5, 5.41) is 1.52. The Labute approximate surface area is 150 Å². The molecule has 0 N–H and O–H groups in total. The number of methoxy groups -OCH3 is 1. The zero-order valence-corrected chi connectivity index (χ0v) is 14.1. The molecule has 2 aromatic carbocycles. The average molecular weight is 351 g/mol. The first-order valence-corrected chi connectivity index (χ1v) is 8.24. The third kappa shape index (κ3) is 2.84. The SMILES string of the molecule is COc1ccc(C(=O)[C@H]2C[C@@]3(C=CC(=O)O3)ON2c2ccccc2)cc1. The predicted molar refractivity (Wildman–Crippen MR) is 93.7 cm³/mol. The van der Waals surface area contributed by atoms with Crippen molar-refractivity contribution in [1.82, 2.24) is 0 Å². The molecule has 0 aliphatic carbocycles. The molecule has 26 heavy (non-hydrogen) atoms. The molecule has 0 radical (unpaired) electrons. The van der Waals surface area contributed by atoms with Crippen LogP contribution in [-0.2, 0) is 14.4 Å². The number of ketones is 1. The summed E-state index contributed by atoms with van der Waals surface area (Å²) >= 11 is 0. The number of para-hydroxylation sites is 1. The van der Waals surface area contributed by atoms with Gasteiger partial charge in [-0.15, -0.1) is 0 Å². The molecule has 0 aromatic heterocycles. The zero-order chi connectivity index (χ0) is 18.1. The molecule has 132 valence electrons. The smallest absolute Gasteiger partial charge is 0.333 e. The van der Waals surface area contributed by atoms with Crippen molar-refractivity contribution in [2.75, 3.05) is 12.2 Å². The predicted octanol–water partition coefficient (Wildman–Crippen LogP) is 2.90. The lowest BCUT2D eigenvalue weighted by molar-refractivity contribution is -0.184. The van der Waals surface area contributed by atoms with Crippen LogP contribution in [0, 0.1) is 0 Å². The van der Waals surface area contributed by atoms with Crippen LogP contribution >= 0.6 is 0 Å². The van der Waals surface area contributed by atoms with Gasteiger partial charge in [-0.25, -0.2) is 14.7 Å². The number of carbonyl (C=O) groups is 2. The van der Waals surface area contributed by atoms with Crippen molar-refractivity contribution in [3.8, 4) is 5.75 Å². The highest BCUT2D eigenvalue weighted by Crippen LogP contribution is 2.40. The van der Waals surface area contributed by atoms with Crippen molar-refractivity contribution >= 4 is 17.4 Å². The van der Waals surface area contributed by atoms with E-state index in [9.17, 15) is 9.59 Å². The van der Waals surface area contributed by atoms with Crippen LogP contribution in [0.3, 0.4) is 0 Å². The Bertz CT molecular complexity index is 862. The number of hydrogen-bond donors (Lipinski definition) is 0. The number of Topliss-reactive ketones (excluding diaryl/α,β-unsaturated/α-hetero) is 1. The van der Waals surface area contributed by atoms with Gasteiger partial charge in [-0.05, 0) is 42.5 Å². The third-order valence-electron chi connectivity index (χ3n) is 4.45. The Morgan fingerprint density at radius 3 is 2.50 bits per heavy atom. The summed E-state index contributed by atoms with van der Waals surface area (Å²) in [5.41, 5.74) is 1.25. The molecule has 2 aliphatic heterocycles. The first kappa shape index (κ1) is 16.4. The quantitative estimate of drug-likeness (QED) is 0.623. The van der Waals surface area contributed by atoms with Crippen molar-refractivity contribution < 1.29 is 23.9 Å². The van der Waals surface area contributed by atoms with E-state index in [1.807, 2.05) is 30.3 Å². The molecule has 2 aliphatic rings. The van der Waals surface area contributed by atoms with Crippen molar-refractivity contribution in [2.24, 2.45) is 0 Å². The van der Waals surface area contributed by atoms with Crippen molar-refractivity contribution in [3.63, 3.8) is 0 Å². The van der Waals surface area contributed by atoms with Crippen LogP contribution in [0.2, 0.25) is 0 Å². The van der Waals surface area contributed by atoms with E-state index in [2.05, 4.69) is 0 Å². The van der Waals surface area contributed by atoms with Crippen LogP contribution in [0.5, 0.6) is 5.75 Å². The van der Waals surface area contributed by atoms with Crippen molar-refractivity contribution in [1.29, 1.82) is 0 Å². The van der Waals surface area contributed by atoms with Crippen LogP contribution in [0.25, 0.3) is 0 Å². The molecular formula is C20H17NO5. The van der Waals surface area contributed by atoms with Crippen LogP contribution in [0.15, 0.2) is 66.7 Å². The van der Waals surface area contributed by atoms with Gasteiger partial charge in [0, 0.05) is 18.1 Å². The van der Waals surface area contributed by atoms with Crippen LogP contribution < -0.4 is 9.80 Å². The fourth-order valence-electron chi connectivity index (χ4n) is 3.17. The van der Waals surface area contributed by atoms with E-state index in [0.29, 0.717) is 17.0 Å². The van der Waals surface area contributed by atoms with E-state index in [1.165, 1.54) is 11.1 Å². The summed E-state index contributed by atoms with van der Waals surface area (Å²) < 4.78 is 10.5. The molecule has 2 aromatic rings.